The average molecular weight is 206 g/mol. The van der Waals surface area contributed by atoms with Gasteiger partial charge in [-0.2, -0.15) is 0 Å². The maximum absolute atomic E-state index is 11.3. The van der Waals surface area contributed by atoms with Crippen LogP contribution >= 0.6 is 0 Å². The topological polar surface area (TPSA) is 35.5 Å². The zero-order valence-electron chi connectivity index (χ0n) is 8.90. The van der Waals surface area contributed by atoms with Crippen molar-refractivity contribution in [2.45, 2.75) is 13.3 Å². The summed E-state index contributed by atoms with van der Waals surface area (Å²) in [6.07, 6.45) is 2.41. The van der Waals surface area contributed by atoms with Crippen LogP contribution in [0.5, 0.6) is 5.75 Å². The molecule has 0 aliphatic carbocycles. The Kier molecular flexibility index (Phi) is 4.41. The van der Waals surface area contributed by atoms with Gasteiger partial charge in [-0.15, -0.1) is 0 Å². The molecule has 1 aromatic carbocycles. The normalized spacial score (nSPS) is 10.9. The van der Waals surface area contributed by atoms with E-state index in [4.69, 9.17) is 4.74 Å². The van der Waals surface area contributed by atoms with Gasteiger partial charge in [0.05, 0.1) is 7.11 Å². The SMILES string of the molecule is CCC=C(Oc1ccccc1)C(=O)OC. The number of hydrogen-bond acceptors (Lipinski definition) is 3. The maximum atomic E-state index is 11.3. The first kappa shape index (κ1) is 11.3. The second-order valence-corrected chi connectivity index (χ2v) is 2.88. The summed E-state index contributed by atoms with van der Waals surface area (Å²) in [5.41, 5.74) is 0. The predicted octanol–water partition coefficient (Wildman–Crippen LogP) is 2.53. The second-order valence-electron chi connectivity index (χ2n) is 2.88. The van der Waals surface area contributed by atoms with E-state index >= 15 is 0 Å². The van der Waals surface area contributed by atoms with Crippen LogP contribution in [0, 0.1) is 0 Å². The molecule has 0 heterocycles. The first-order chi connectivity index (χ1) is 7.27. The zero-order chi connectivity index (χ0) is 11.1. The monoisotopic (exact) mass is 206 g/mol. The Labute approximate surface area is 89.3 Å². The summed E-state index contributed by atoms with van der Waals surface area (Å²) < 4.78 is 10.00. The molecule has 0 unspecified atom stereocenters. The summed E-state index contributed by atoms with van der Waals surface area (Å²) in [5.74, 6) is 0.398. The maximum Gasteiger partial charge on any atom is 0.373 e. The van der Waals surface area contributed by atoms with E-state index in [1.807, 2.05) is 25.1 Å². The Morgan fingerprint density at radius 1 is 1.33 bits per heavy atom. The van der Waals surface area contributed by atoms with Crippen LogP contribution in [0.15, 0.2) is 42.2 Å². The largest absolute Gasteiger partial charge is 0.463 e. The molecule has 0 aromatic heterocycles. The van der Waals surface area contributed by atoms with Crippen LogP contribution in [-0.4, -0.2) is 13.1 Å². The third-order valence-electron chi connectivity index (χ3n) is 1.75. The molecule has 0 N–H and O–H groups in total. The van der Waals surface area contributed by atoms with Crippen LogP contribution < -0.4 is 4.74 Å². The van der Waals surface area contributed by atoms with Gasteiger partial charge in [-0.3, -0.25) is 0 Å². The lowest BCUT2D eigenvalue weighted by atomic mass is 10.3. The van der Waals surface area contributed by atoms with Gasteiger partial charge >= 0.3 is 5.97 Å². The molecule has 0 amide bonds. The van der Waals surface area contributed by atoms with E-state index in [2.05, 4.69) is 4.74 Å². The zero-order valence-corrected chi connectivity index (χ0v) is 8.90. The van der Waals surface area contributed by atoms with Crippen LogP contribution in [0.2, 0.25) is 0 Å². The van der Waals surface area contributed by atoms with Crippen molar-refractivity contribution in [3.8, 4) is 5.75 Å². The van der Waals surface area contributed by atoms with E-state index in [-0.39, 0.29) is 5.76 Å². The highest BCUT2D eigenvalue weighted by atomic mass is 16.6. The highest BCUT2D eigenvalue weighted by Gasteiger charge is 2.10. The van der Waals surface area contributed by atoms with Crippen molar-refractivity contribution in [2.75, 3.05) is 7.11 Å². The summed E-state index contributed by atoms with van der Waals surface area (Å²) >= 11 is 0. The van der Waals surface area contributed by atoms with Crippen LogP contribution in [-0.2, 0) is 9.53 Å². The average Bonchev–Trinajstić information content (AvgIpc) is 2.29. The number of carbonyl (C=O) groups is 1. The second kappa shape index (κ2) is 5.86. The molecular formula is C12H14O3. The molecule has 0 fully saturated rings. The van der Waals surface area contributed by atoms with Crippen molar-refractivity contribution in [1.82, 2.24) is 0 Å². The Hall–Kier alpha value is -1.77. The highest BCUT2D eigenvalue weighted by molar-refractivity contribution is 5.86. The molecule has 0 aliphatic rings. The van der Waals surface area contributed by atoms with Crippen LogP contribution in [0.25, 0.3) is 0 Å². The molecule has 1 rings (SSSR count). The minimum atomic E-state index is -0.458. The summed E-state index contributed by atoms with van der Waals surface area (Å²) in [7, 11) is 1.33. The third kappa shape index (κ3) is 3.46. The lowest BCUT2D eigenvalue weighted by Gasteiger charge is -2.07. The van der Waals surface area contributed by atoms with E-state index < -0.39 is 5.97 Å². The fourth-order valence-corrected chi connectivity index (χ4v) is 1.07. The summed E-state index contributed by atoms with van der Waals surface area (Å²) in [4.78, 5) is 11.3. The van der Waals surface area contributed by atoms with E-state index in [0.717, 1.165) is 6.42 Å². The Morgan fingerprint density at radius 2 is 2.00 bits per heavy atom. The fourth-order valence-electron chi connectivity index (χ4n) is 1.07. The quantitative estimate of drug-likeness (QED) is 0.431. The molecule has 0 atom stereocenters. The van der Waals surface area contributed by atoms with E-state index in [0.29, 0.717) is 5.75 Å². The molecule has 3 heteroatoms. The van der Waals surface area contributed by atoms with Crippen LogP contribution in [0.4, 0.5) is 0 Å². The molecule has 3 nitrogen and oxygen atoms in total. The van der Waals surface area contributed by atoms with Crippen molar-refractivity contribution in [3.63, 3.8) is 0 Å². The molecule has 0 aliphatic heterocycles. The number of carbonyl (C=O) groups excluding carboxylic acids is 1. The first-order valence-corrected chi connectivity index (χ1v) is 4.79. The number of para-hydroxylation sites is 1. The number of ether oxygens (including phenoxy) is 2. The van der Waals surface area contributed by atoms with Gasteiger partial charge in [-0.05, 0) is 24.6 Å². The molecule has 80 valence electrons. The number of rotatable bonds is 4. The van der Waals surface area contributed by atoms with Gasteiger partial charge in [0, 0.05) is 0 Å². The minimum absolute atomic E-state index is 0.228. The molecule has 0 saturated heterocycles. The molecule has 1 aromatic rings. The number of allylic oxidation sites excluding steroid dienone is 1. The number of benzene rings is 1. The van der Waals surface area contributed by atoms with Gasteiger partial charge in [-0.1, -0.05) is 25.1 Å². The van der Waals surface area contributed by atoms with Gasteiger partial charge in [0.2, 0.25) is 5.76 Å². The molecule has 15 heavy (non-hydrogen) atoms. The van der Waals surface area contributed by atoms with Gasteiger partial charge in [0.1, 0.15) is 5.75 Å². The Bertz CT molecular complexity index is 341. The number of methoxy groups -OCH3 is 1. The van der Waals surface area contributed by atoms with Crippen LogP contribution in [0.3, 0.4) is 0 Å². The Balaban J connectivity index is 2.76. The predicted molar refractivity (Wildman–Crippen MR) is 57.5 cm³/mol. The highest BCUT2D eigenvalue weighted by Crippen LogP contribution is 2.13. The van der Waals surface area contributed by atoms with Crippen molar-refractivity contribution in [3.05, 3.63) is 42.2 Å². The van der Waals surface area contributed by atoms with Gasteiger partial charge in [-0.25, -0.2) is 4.79 Å². The third-order valence-corrected chi connectivity index (χ3v) is 1.75. The van der Waals surface area contributed by atoms with Gasteiger partial charge < -0.3 is 9.47 Å². The minimum Gasteiger partial charge on any atom is -0.463 e. The van der Waals surface area contributed by atoms with E-state index in [9.17, 15) is 4.79 Å². The van der Waals surface area contributed by atoms with Crippen molar-refractivity contribution in [2.24, 2.45) is 0 Å². The molecule has 0 radical (unpaired) electrons. The summed E-state index contributed by atoms with van der Waals surface area (Å²) in [6, 6.07) is 9.14. The molecule has 0 bridgehead atoms. The first-order valence-electron chi connectivity index (χ1n) is 4.79. The van der Waals surface area contributed by atoms with Crippen molar-refractivity contribution in [1.29, 1.82) is 0 Å². The van der Waals surface area contributed by atoms with E-state index in [1.165, 1.54) is 7.11 Å². The van der Waals surface area contributed by atoms with E-state index in [1.54, 1.807) is 18.2 Å². The van der Waals surface area contributed by atoms with Gasteiger partial charge in [0.25, 0.3) is 0 Å². The molecule has 0 spiro atoms. The van der Waals surface area contributed by atoms with Crippen molar-refractivity contribution < 1.29 is 14.3 Å². The summed E-state index contributed by atoms with van der Waals surface area (Å²) in [5, 5.41) is 0. The molecular weight excluding hydrogens is 192 g/mol. The van der Waals surface area contributed by atoms with Crippen molar-refractivity contribution >= 4 is 5.97 Å². The molecule has 0 saturated carbocycles. The van der Waals surface area contributed by atoms with Crippen LogP contribution in [0.1, 0.15) is 13.3 Å². The smallest absolute Gasteiger partial charge is 0.373 e. The van der Waals surface area contributed by atoms with Gasteiger partial charge in [0.15, 0.2) is 0 Å². The fraction of sp³-hybridized carbons (Fsp3) is 0.250. The summed E-state index contributed by atoms with van der Waals surface area (Å²) in [6.45, 7) is 1.93. The lowest BCUT2D eigenvalue weighted by molar-refractivity contribution is -0.138. The number of hydrogen-bond donors (Lipinski definition) is 0. The standard InChI is InChI=1S/C12H14O3/c1-3-7-11(12(13)14-2)15-10-8-5-4-6-9-10/h4-9H,3H2,1-2H3. The lowest BCUT2D eigenvalue weighted by Crippen LogP contribution is -2.10. The number of esters is 1. The Morgan fingerprint density at radius 3 is 2.53 bits per heavy atom.